The fraction of sp³-hybridized carbons (Fsp3) is 0.462. The van der Waals surface area contributed by atoms with Crippen molar-refractivity contribution in [2.75, 3.05) is 31.1 Å². The first-order valence-electron chi connectivity index (χ1n) is 12.4. The molecule has 4 rings (SSSR count). The van der Waals surface area contributed by atoms with Crippen molar-refractivity contribution in [1.29, 1.82) is 0 Å². The summed E-state index contributed by atoms with van der Waals surface area (Å²) in [5.41, 5.74) is 3.37. The summed E-state index contributed by atoms with van der Waals surface area (Å²) < 4.78 is 0.941. The molecule has 0 atom stereocenters. The number of piperidine rings is 1. The zero-order chi connectivity index (χ0) is 26.6. The van der Waals surface area contributed by atoms with Crippen molar-refractivity contribution >= 4 is 45.1 Å². The van der Waals surface area contributed by atoms with E-state index in [1.807, 2.05) is 37.8 Å². The largest absolute Gasteiger partial charge is 0.481 e. The Morgan fingerprint density at radius 2 is 1.89 bits per heavy atom. The van der Waals surface area contributed by atoms with Gasteiger partial charge in [-0.15, -0.1) is 11.3 Å². The molecule has 0 saturated carbocycles. The van der Waals surface area contributed by atoms with Gasteiger partial charge in [0, 0.05) is 43.2 Å². The number of carbonyl (C=O) groups is 2. The summed E-state index contributed by atoms with van der Waals surface area (Å²) >= 11 is 1.48. The predicted molar refractivity (Wildman–Crippen MR) is 144 cm³/mol. The first-order chi connectivity index (χ1) is 17.7. The number of anilines is 1. The lowest BCUT2D eigenvalue weighted by Gasteiger charge is -2.36. The van der Waals surface area contributed by atoms with Gasteiger partial charge >= 0.3 is 5.97 Å². The molecule has 196 valence electrons. The number of nitrogens with zero attached hydrogens (tertiary/aromatic N) is 5. The molecule has 0 aliphatic carbocycles. The highest BCUT2D eigenvalue weighted by Crippen LogP contribution is 2.34. The molecule has 2 aromatic heterocycles. The highest BCUT2D eigenvalue weighted by atomic mass is 32.1. The van der Waals surface area contributed by atoms with Crippen LogP contribution >= 0.6 is 11.3 Å². The number of fused-ring (bicyclic) bond motifs is 1. The third-order valence-corrected chi connectivity index (χ3v) is 7.68. The monoisotopic (exact) mass is 524 g/mol. The van der Waals surface area contributed by atoms with E-state index in [1.54, 1.807) is 19.3 Å². The molecule has 1 amide bonds. The fourth-order valence-electron chi connectivity index (χ4n) is 4.25. The van der Waals surface area contributed by atoms with Crippen LogP contribution in [-0.4, -0.2) is 63.9 Å². The Labute approximate surface area is 219 Å². The van der Waals surface area contributed by atoms with Gasteiger partial charge in [0.05, 0.1) is 27.8 Å². The number of likely N-dealkylation sites (N-methyl/N-ethyl adjacent to an activating group) is 1. The van der Waals surface area contributed by atoms with E-state index >= 15 is 0 Å². The fourth-order valence-corrected chi connectivity index (χ4v) is 5.35. The summed E-state index contributed by atoms with van der Waals surface area (Å²) in [7, 11) is 0. The molecule has 0 bridgehead atoms. The predicted octanol–water partition coefficient (Wildman–Crippen LogP) is 3.88. The van der Waals surface area contributed by atoms with E-state index < -0.39 is 11.4 Å². The molecule has 0 radical (unpaired) electrons. The van der Waals surface area contributed by atoms with Crippen LogP contribution < -0.4 is 10.2 Å². The minimum atomic E-state index is -0.756. The lowest BCUT2D eigenvalue weighted by Crippen LogP contribution is -2.43. The van der Waals surface area contributed by atoms with Crippen LogP contribution in [0.4, 0.5) is 5.95 Å². The summed E-state index contributed by atoms with van der Waals surface area (Å²) in [5, 5.41) is 17.3. The van der Waals surface area contributed by atoms with Crippen molar-refractivity contribution in [3.63, 3.8) is 0 Å². The number of hydrogen-bond acceptors (Lipinski definition) is 9. The number of nitrogens with one attached hydrogen (secondary N) is 1. The summed E-state index contributed by atoms with van der Waals surface area (Å²) in [6.07, 6.45) is 4.87. The third-order valence-electron chi connectivity index (χ3n) is 6.58. The van der Waals surface area contributed by atoms with Crippen LogP contribution in [0, 0.1) is 5.41 Å². The number of aliphatic carboxylic acids is 1. The molecule has 11 heteroatoms. The molecule has 10 nitrogen and oxygen atoms in total. The van der Waals surface area contributed by atoms with Gasteiger partial charge in [0.1, 0.15) is 11.6 Å². The van der Waals surface area contributed by atoms with Crippen LogP contribution in [0.5, 0.6) is 0 Å². The molecule has 1 aliphatic rings. The zero-order valence-electron chi connectivity index (χ0n) is 21.6. The number of hydrogen-bond donors (Lipinski definition) is 2. The molecule has 0 spiro atoms. The first-order valence-corrected chi connectivity index (χ1v) is 13.2. The van der Waals surface area contributed by atoms with Gasteiger partial charge in [-0.25, -0.2) is 15.0 Å². The zero-order valence-corrected chi connectivity index (χ0v) is 22.4. The van der Waals surface area contributed by atoms with Crippen LogP contribution in [0.15, 0.2) is 29.7 Å². The van der Waals surface area contributed by atoms with Gasteiger partial charge in [-0.2, -0.15) is 0 Å². The average molecular weight is 525 g/mol. The smallest absolute Gasteiger partial charge is 0.309 e. The van der Waals surface area contributed by atoms with Gasteiger partial charge in [-0.05, 0) is 58.2 Å². The van der Waals surface area contributed by atoms with Crippen molar-refractivity contribution in [2.45, 2.75) is 47.0 Å². The number of benzene rings is 1. The van der Waals surface area contributed by atoms with Crippen molar-refractivity contribution in [3.05, 3.63) is 35.1 Å². The molecule has 37 heavy (non-hydrogen) atoms. The summed E-state index contributed by atoms with van der Waals surface area (Å²) in [6, 6.07) is 3.99. The van der Waals surface area contributed by atoms with E-state index in [0.717, 1.165) is 31.9 Å². The minimum Gasteiger partial charge on any atom is -0.481 e. The highest BCUT2D eigenvalue weighted by Gasteiger charge is 2.37. The Kier molecular flexibility index (Phi) is 8.01. The Balaban J connectivity index is 1.64. The Hall–Kier alpha value is -3.60. The van der Waals surface area contributed by atoms with Crippen LogP contribution in [0.1, 0.15) is 51.1 Å². The number of aromatic nitrogens is 3. The summed E-state index contributed by atoms with van der Waals surface area (Å²) in [6.45, 7) is 9.67. The number of carboxylic acids is 1. The molecular weight excluding hydrogens is 492 g/mol. The standard InChI is InChI=1S/C26H32N6O4S/c1-5-27-21(33)13-22-30-20-12-17(11-19(23(20)37-22)16(3)31-36-6-2)18-14-28-25(29-15-18)32-9-7-26(4,8-10-32)24(34)35/h11-12,14-15H,5-10,13H2,1-4H3,(H,27,33)(H,34,35)/b31-16+. The van der Waals surface area contributed by atoms with E-state index in [1.165, 1.54) is 11.3 Å². The number of carboxylic acid groups (broad SMARTS) is 1. The number of thiazole rings is 1. The first kappa shape index (κ1) is 26.5. The van der Waals surface area contributed by atoms with Gasteiger partial charge < -0.3 is 20.2 Å². The molecule has 2 N–H and O–H groups in total. The minimum absolute atomic E-state index is 0.0617. The SMILES string of the molecule is CCNC(=O)Cc1nc2cc(-c3cnc(N4CCC(C)(C(=O)O)CC4)nc3)cc(/C(C)=N/OCC)c2s1. The van der Waals surface area contributed by atoms with Gasteiger partial charge in [-0.3, -0.25) is 9.59 Å². The Bertz CT molecular complexity index is 1310. The molecule has 1 aromatic carbocycles. The van der Waals surface area contributed by atoms with Crippen LogP contribution in [0.25, 0.3) is 21.3 Å². The summed E-state index contributed by atoms with van der Waals surface area (Å²) in [4.78, 5) is 44.9. The second-order valence-electron chi connectivity index (χ2n) is 9.33. The van der Waals surface area contributed by atoms with Crippen molar-refractivity contribution in [3.8, 4) is 11.1 Å². The van der Waals surface area contributed by atoms with E-state index in [9.17, 15) is 14.7 Å². The number of rotatable bonds is 9. The van der Waals surface area contributed by atoms with Gasteiger partial charge in [0.25, 0.3) is 0 Å². The quantitative estimate of drug-likeness (QED) is 0.319. The van der Waals surface area contributed by atoms with Crippen molar-refractivity contribution < 1.29 is 19.5 Å². The molecule has 0 unspecified atom stereocenters. The van der Waals surface area contributed by atoms with E-state index in [-0.39, 0.29) is 12.3 Å². The van der Waals surface area contributed by atoms with E-state index in [0.29, 0.717) is 50.7 Å². The topological polar surface area (TPSA) is 130 Å². The van der Waals surface area contributed by atoms with Crippen LogP contribution in [0.3, 0.4) is 0 Å². The maximum absolute atomic E-state index is 12.1. The Morgan fingerprint density at radius 1 is 1.19 bits per heavy atom. The van der Waals surface area contributed by atoms with E-state index in [4.69, 9.17) is 9.82 Å². The van der Waals surface area contributed by atoms with Crippen molar-refractivity contribution in [1.82, 2.24) is 20.3 Å². The maximum Gasteiger partial charge on any atom is 0.309 e. The normalized spacial score (nSPS) is 15.6. The Morgan fingerprint density at radius 3 is 2.51 bits per heavy atom. The van der Waals surface area contributed by atoms with Crippen molar-refractivity contribution in [2.24, 2.45) is 10.6 Å². The number of amides is 1. The molecule has 1 aliphatic heterocycles. The van der Waals surface area contributed by atoms with Gasteiger partial charge in [0.2, 0.25) is 11.9 Å². The highest BCUT2D eigenvalue weighted by molar-refractivity contribution is 7.19. The van der Waals surface area contributed by atoms with E-state index in [2.05, 4.69) is 20.4 Å². The lowest BCUT2D eigenvalue weighted by molar-refractivity contribution is -0.149. The second-order valence-corrected chi connectivity index (χ2v) is 10.4. The summed E-state index contributed by atoms with van der Waals surface area (Å²) in [5.74, 6) is -0.230. The molecule has 3 aromatic rings. The second kappa shape index (κ2) is 11.2. The molecule has 1 saturated heterocycles. The maximum atomic E-state index is 12.1. The van der Waals surface area contributed by atoms with Crippen LogP contribution in [0.2, 0.25) is 0 Å². The van der Waals surface area contributed by atoms with Crippen LogP contribution in [-0.2, 0) is 20.8 Å². The molecule has 3 heterocycles. The third kappa shape index (κ3) is 5.87. The molecular formula is C26H32N6O4S. The molecule has 1 fully saturated rings. The van der Waals surface area contributed by atoms with Gasteiger partial charge in [0.15, 0.2) is 0 Å². The lowest BCUT2D eigenvalue weighted by atomic mass is 9.80. The number of carbonyl (C=O) groups excluding carboxylic acids is 1. The van der Waals surface area contributed by atoms with Gasteiger partial charge in [-0.1, -0.05) is 5.16 Å². The average Bonchev–Trinajstić information content (AvgIpc) is 3.29. The number of oxime groups is 1.